The first kappa shape index (κ1) is 22.5. The second kappa shape index (κ2) is 8.32. The van der Waals surface area contributed by atoms with Crippen molar-refractivity contribution in [3.05, 3.63) is 130 Å². The molecule has 6 heteroatoms. The van der Waals surface area contributed by atoms with Crippen LogP contribution >= 0.6 is 11.6 Å². The van der Waals surface area contributed by atoms with E-state index in [0.29, 0.717) is 29.2 Å². The fourth-order valence-corrected chi connectivity index (χ4v) is 5.57. The smallest absolute Gasteiger partial charge is 0.256 e. The zero-order valence-corrected chi connectivity index (χ0v) is 20.3. The van der Waals surface area contributed by atoms with Gasteiger partial charge in [-0.1, -0.05) is 59.6 Å². The van der Waals surface area contributed by atoms with Crippen LogP contribution in [0.25, 0.3) is 11.1 Å². The Labute approximate surface area is 213 Å². The highest BCUT2D eigenvalue weighted by molar-refractivity contribution is 6.30. The number of halogens is 2. The SMILES string of the molecule is Cc1ccc(-c2ccc3c(c2)C2(c4ccc(Cl)cc4)N(C(=O)c4ccc(F)cc4)CCN2C3=O)cc1. The quantitative estimate of drug-likeness (QED) is 0.335. The van der Waals surface area contributed by atoms with E-state index in [1.807, 2.05) is 37.3 Å². The van der Waals surface area contributed by atoms with Crippen LogP contribution in [0.15, 0.2) is 91.0 Å². The Balaban J connectivity index is 1.59. The van der Waals surface area contributed by atoms with Crippen LogP contribution in [0.4, 0.5) is 4.39 Å². The third-order valence-electron chi connectivity index (χ3n) is 7.17. The Hall–Kier alpha value is -3.96. The minimum atomic E-state index is -1.14. The monoisotopic (exact) mass is 496 g/mol. The summed E-state index contributed by atoms with van der Waals surface area (Å²) in [5, 5.41) is 0.564. The maximum absolute atomic E-state index is 13.9. The molecule has 0 aromatic heterocycles. The molecule has 2 aliphatic rings. The van der Waals surface area contributed by atoms with E-state index in [0.717, 1.165) is 27.8 Å². The van der Waals surface area contributed by atoms with Crippen molar-refractivity contribution in [1.29, 1.82) is 0 Å². The molecule has 4 aromatic carbocycles. The van der Waals surface area contributed by atoms with E-state index in [2.05, 4.69) is 24.3 Å². The summed E-state index contributed by atoms with van der Waals surface area (Å²) in [6, 6.07) is 26.8. The highest BCUT2D eigenvalue weighted by atomic mass is 35.5. The molecule has 2 aliphatic heterocycles. The predicted molar refractivity (Wildman–Crippen MR) is 137 cm³/mol. The summed E-state index contributed by atoms with van der Waals surface area (Å²) in [6.07, 6.45) is 0. The van der Waals surface area contributed by atoms with Crippen molar-refractivity contribution in [3.63, 3.8) is 0 Å². The first-order valence-electron chi connectivity index (χ1n) is 11.8. The van der Waals surface area contributed by atoms with Crippen LogP contribution < -0.4 is 0 Å². The van der Waals surface area contributed by atoms with Gasteiger partial charge in [0.25, 0.3) is 11.8 Å². The predicted octanol–water partition coefficient (Wildman–Crippen LogP) is 6.27. The third-order valence-corrected chi connectivity index (χ3v) is 7.42. The Morgan fingerprint density at radius 3 is 2.22 bits per heavy atom. The highest BCUT2D eigenvalue weighted by Crippen LogP contribution is 2.51. The maximum atomic E-state index is 13.9. The lowest BCUT2D eigenvalue weighted by Gasteiger charge is -2.40. The number of carbonyl (C=O) groups is 2. The molecule has 36 heavy (non-hydrogen) atoms. The molecule has 1 saturated heterocycles. The van der Waals surface area contributed by atoms with Crippen molar-refractivity contribution >= 4 is 23.4 Å². The average molecular weight is 497 g/mol. The van der Waals surface area contributed by atoms with Crippen molar-refractivity contribution in [2.24, 2.45) is 0 Å². The Bertz CT molecular complexity index is 1500. The first-order valence-corrected chi connectivity index (χ1v) is 12.1. The topological polar surface area (TPSA) is 40.6 Å². The van der Waals surface area contributed by atoms with E-state index in [1.54, 1.807) is 21.9 Å². The number of fused-ring (bicyclic) bond motifs is 3. The normalized spacial score (nSPS) is 18.4. The highest BCUT2D eigenvalue weighted by Gasteiger charge is 2.59. The average Bonchev–Trinajstić information content (AvgIpc) is 3.40. The van der Waals surface area contributed by atoms with Gasteiger partial charge in [-0.2, -0.15) is 0 Å². The minimum Gasteiger partial charge on any atom is -0.306 e. The fourth-order valence-electron chi connectivity index (χ4n) is 5.45. The second-order valence-electron chi connectivity index (χ2n) is 9.23. The molecular weight excluding hydrogens is 475 g/mol. The summed E-state index contributed by atoms with van der Waals surface area (Å²) in [6.45, 7) is 2.76. The van der Waals surface area contributed by atoms with Gasteiger partial charge in [0.2, 0.25) is 0 Å². The number of nitrogens with zero attached hydrogens (tertiary/aromatic N) is 2. The van der Waals surface area contributed by atoms with Crippen molar-refractivity contribution in [2.45, 2.75) is 12.6 Å². The van der Waals surface area contributed by atoms with Crippen LogP contribution in [0.3, 0.4) is 0 Å². The van der Waals surface area contributed by atoms with Crippen molar-refractivity contribution < 1.29 is 14.0 Å². The molecule has 4 aromatic rings. The Kier molecular flexibility index (Phi) is 5.20. The van der Waals surface area contributed by atoms with Crippen LogP contribution in [0.1, 0.15) is 37.4 Å². The molecule has 4 nitrogen and oxygen atoms in total. The van der Waals surface area contributed by atoms with Crippen LogP contribution in [0.2, 0.25) is 5.02 Å². The molecular formula is C30H22ClFN2O2. The van der Waals surface area contributed by atoms with Crippen molar-refractivity contribution in [3.8, 4) is 11.1 Å². The number of amides is 2. The van der Waals surface area contributed by atoms with E-state index in [9.17, 15) is 14.0 Å². The van der Waals surface area contributed by atoms with E-state index in [-0.39, 0.29) is 11.8 Å². The second-order valence-corrected chi connectivity index (χ2v) is 9.66. The molecule has 178 valence electrons. The zero-order chi connectivity index (χ0) is 25.0. The third kappa shape index (κ3) is 3.27. The van der Waals surface area contributed by atoms with Gasteiger partial charge in [0.05, 0.1) is 0 Å². The van der Waals surface area contributed by atoms with Gasteiger partial charge < -0.3 is 9.80 Å². The van der Waals surface area contributed by atoms with Gasteiger partial charge in [-0.05, 0) is 66.6 Å². The van der Waals surface area contributed by atoms with Crippen molar-refractivity contribution in [2.75, 3.05) is 13.1 Å². The molecule has 6 rings (SSSR count). The molecule has 0 spiro atoms. The molecule has 0 saturated carbocycles. The van der Waals surface area contributed by atoms with Crippen LogP contribution in [0, 0.1) is 12.7 Å². The summed E-state index contributed by atoms with van der Waals surface area (Å²) in [7, 11) is 0. The minimum absolute atomic E-state index is 0.121. The lowest BCUT2D eigenvalue weighted by atomic mass is 9.87. The number of carbonyl (C=O) groups excluding carboxylic acids is 2. The van der Waals surface area contributed by atoms with E-state index >= 15 is 0 Å². The van der Waals surface area contributed by atoms with E-state index in [4.69, 9.17) is 11.6 Å². The van der Waals surface area contributed by atoms with Crippen LogP contribution in [-0.2, 0) is 5.66 Å². The zero-order valence-electron chi connectivity index (χ0n) is 19.5. The fraction of sp³-hybridized carbons (Fsp3) is 0.133. The molecule has 1 unspecified atom stereocenters. The molecule has 1 atom stereocenters. The molecule has 2 amide bonds. The largest absolute Gasteiger partial charge is 0.306 e. The Morgan fingerprint density at radius 1 is 0.861 bits per heavy atom. The van der Waals surface area contributed by atoms with Crippen LogP contribution in [-0.4, -0.2) is 34.7 Å². The summed E-state index contributed by atoms with van der Waals surface area (Å²) in [5.41, 5.74) is 4.45. The summed E-state index contributed by atoms with van der Waals surface area (Å²) in [5.74, 6) is -0.801. The van der Waals surface area contributed by atoms with Gasteiger partial charge in [-0.25, -0.2) is 4.39 Å². The lowest BCUT2D eigenvalue weighted by Crippen LogP contribution is -2.51. The summed E-state index contributed by atoms with van der Waals surface area (Å²) < 4.78 is 13.6. The molecule has 0 aliphatic carbocycles. The number of rotatable bonds is 3. The van der Waals surface area contributed by atoms with Gasteiger partial charge in [-0.3, -0.25) is 9.59 Å². The maximum Gasteiger partial charge on any atom is 0.256 e. The molecule has 0 radical (unpaired) electrons. The molecule has 2 heterocycles. The molecule has 0 N–H and O–H groups in total. The lowest BCUT2D eigenvalue weighted by molar-refractivity contribution is 0.0375. The van der Waals surface area contributed by atoms with E-state index in [1.165, 1.54) is 24.3 Å². The van der Waals surface area contributed by atoms with Gasteiger partial charge in [-0.15, -0.1) is 0 Å². The Morgan fingerprint density at radius 2 is 1.53 bits per heavy atom. The first-order chi connectivity index (χ1) is 17.4. The number of benzene rings is 4. The van der Waals surface area contributed by atoms with Gasteiger partial charge in [0, 0.05) is 40.4 Å². The van der Waals surface area contributed by atoms with E-state index < -0.39 is 11.5 Å². The van der Waals surface area contributed by atoms with Crippen LogP contribution in [0.5, 0.6) is 0 Å². The molecule has 0 bridgehead atoms. The number of aryl methyl sites for hydroxylation is 1. The summed E-state index contributed by atoms with van der Waals surface area (Å²) >= 11 is 6.22. The standard InChI is InChI=1S/C30H22ClFN2O2/c1-19-2-4-20(5-3-19)22-8-15-26-27(18-22)30(23-9-11-24(31)12-10-23)33(16-17-34(30)29(26)36)28(35)21-6-13-25(32)14-7-21/h2-15,18H,16-17H2,1H3. The van der Waals surface area contributed by atoms with Gasteiger partial charge in [0.1, 0.15) is 5.82 Å². The van der Waals surface area contributed by atoms with Crippen molar-refractivity contribution in [1.82, 2.24) is 9.80 Å². The summed E-state index contributed by atoms with van der Waals surface area (Å²) in [4.78, 5) is 31.1. The molecule has 1 fully saturated rings. The van der Waals surface area contributed by atoms with Gasteiger partial charge in [0.15, 0.2) is 5.66 Å². The number of hydrogen-bond acceptors (Lipinski definition) is 2. The number of hydrogen-bond donors (Lipinski definition) is 0. The van der Waals surface area contributed by atoms with Gasteiger partial charge >= 0.3 is 0 Å².